The summed E-state index contributed by atoms with van der Waals surface area (Å²) in [6.45, 7) is 2.46. The summed E-state index contributed by atoms with van der Waals surface area (Å²) in [5.74, 6) is 0.485. The van der Waals surface area contributed by atoms with Crippen LogP contribution in [-0.4, -0.2) is 34.4 Å². The van der Waals surface area contributed by atoms with Gasteiger partial charge in [-0.3, -0.25) is 4.79 Å². The van der Waals surface area contributed by atoms with Crippen molar-refractivity contribution in [1.82, 2.24) is 9.47 Å². The van der Waals surface area contributed by atoms with Crippen molar-refractivity contribution in [3.63, 3.8) is 0 Å². The number of benzene rings is 3. The first-order valence-corrected chi connectivity index (χ1v) is 13.8. The van der Waals surface area contributed by atoms with Crippen LogP contribution in [0.5, 0.6) is 5.88 Å². The van der Waals surface area contributed by atoms with E-state index in [0.717, 1.165) is 27.9 Å². The van der Waals surface area contributed by atoms with Crippen LogP contribution < -0.4 is 4.74 Å². The molecule has 5 nitrogen and oxygen atoms in total. The summed E-state index contributed by atoms with van der Waals surface area (Å²) >= 11 is 18.9. The summed E-state index contributed by atoms with van der Waals surface area (Å²) in [7, 11) is 1.84. The molecular weight excluding hydrogens is 555 g/mol. The van der Waals surface area contributed by atoms with E-state index >= 15 is 0 Å². The van der Waals surface area contributed by atoms with Gasteiger partial charge in [0, 0.05) is 52.4 Å². The summed E-state index contributed by atoms with van der Waals surface area (Å²) in [4.78, 5) is 27.7. The van der Waals surface area contributed by atoms with Crippen LogP contribution in [0, 0.1) is 0 Å². The van der Waals surface area contributed by atoms with Crippen molar-refractivity contribution in [3.05, 3.63) is 99.5 Å². The highest BCUT2D eigenvalue weighted by Gasteiger charge is 2.41. The van der Waals surface area contributed by atoms with E-state index < -0.39 is 11.5 Å². The van der Waals surface area contributed by atoms with Gasteiger partial charge in [0.25, 0.3) is 0 Å². The number of ether oxygens (including phenoxy) is 1. The number of ketones is 1. The van der Waals surface area contributed by atoms with E-state index in [9.17, 15) is 9.59 Å². The predicted molar refractivity (Wildman–Crippen MR) is 157 cm³/mol. The topological polar surface area (TPSA) is 51.5 Å². The third kappa shape index (κ3) is 5.31. The van der Waals surface area contributed by atoms with Gasteiger partial charge in [0.1, 0.15) is 5.78 Å². The maximum absolute atomic E-state index is 13.3. The molecule has 0 aliphatic carbocycles. The third-order valence-electron chi connectivity index (χ3n) is 7.60. The Balaban J connectivity index is 1.43. The van der Waals surface area contributed by atoms with Crippen LogP contribution in [0.2, 0.25) is 15.1 Å². The Morgan fingerprint density at radius 1 is 0.821 bits per heavy atom. The lowest BCUT2D eigenvalue weighted by Gasteiger charge is -2.40. The lowest BCUT2D eigenvalue weighted by Crippen LogP contribution is -2.49. The van der Waals surface area contributed by atoms with E-state index in [1.54, 1.807) is 24.0 Å². The van der Waals surface area contributed by atoms with Crippen LogP contribution in [-0.2, 0) is 17.3 Å². The van der Waals surface area contributed by atoms with E-state index in [1.807, 2.05) is 78.3 Å². The number of Topliss-reactive ketones (excluding diaryl/α,β-unsaturated/α-hetero) is 1. The van der Waals surface area contributed by atoms with Crippen LogP contribution in [0.3, 0.4) is 0 Å². The van der Waals surface area contributed by atoms with Crippen molar-refractivity contribution in [2.75, 3.05) is 13.1 Å². The van der Waals surface area contributed by atoms with Gasteiger partial charge < -0.3 is 14.2 Å². The molecule has 0 N–H and O–H groups in total. The number of carbonyl (C=O) groups excluding carboxylic acids is 2. The van der Waals surface area contributed by atoms with Gasteiger partial charge in [-0.1, -0.05) is 83.3 Å². The molecule has 1 amide bonds. The number of carbonyl (C=O) groups is 2. The molecule has 1 aromatic heterocycles. The van der Waals surface area contributed by atoms with Crippen molar-refractivity contribution < 1.29 is 14.3 Å². The quantitative estimate of drug-likeness (QED) is 0.238. The molecule has 8 heteroatoms. The minimum atomic E-state index is -0.594. The fourth-order valence-electron chi connectivity index (χ4n) is 5.37. The lowest BCUT2D eigenvalue weighted by molar-refractivity contribution is -0.124. The largest absolute Gasteiger partial charge is 0.416 e. The van der Waals surface area contributed by atoms with Crippen LogP contribution in [0.25, 0.3) is 22.4 Å². The average Bonchev–Trinajstić information content (AvgIpc) is 3.24. The molecule has 0 radical (unpaired) electrons. The minimum absolute atomic E-state index is 0.112. The molecule has 1 aliphatic heterocycles. The van der Waals surface area contributed by atoms with Gasteiger partial charge in [-0.15, -0.1) is 0 Å². The van der Waals surface area contributed by atoms with E-state index in [2.05, 4.69) is 0 Å². The van der Waals surface area contributed by atoms with Crippen LogP contribution >= 0.6 is 34.8 Å². The van der Waals surface area contributed by atoms with Gasteiger partial charge in [0.05, 0.1) is 11.1 Å². The molecule has 1 fully saturated rings. The van der Waals surface area contributed by atoms with Gasteiger partial charge in [0.15, 0.2) is 0 Å². The van der Waals surface area contributed by atoms with Crippen molar-refractivity contribution in [2.24, 2.45) is 7.05 Å². The number of amides is 1. The minimum Gasteiger partial charge on any atom is -0.393 e. The maximum Gasteiger partial charge on any atom is 0.416 e. The molecule has 1 saturated heterocycles. The van der Waals surface area contributed by atoms with E-state index in [-0.39, 0.29) is 5.78 Å². The number of piperidine rings is 1. The molecule has 39 heavy (non-hydrogen) atoms. The number of rotatable bonds is 5. The normalized spacial score (nSPS) is 14.7. The summed E-state index contributed by atoms with van der Waals surface area (Å²) < 4.78 is 7.77. The first kappa shape index (κ1) is 27.3. The molecule has 5 rings (SSSR count). The van der Waals surface area contributed by atoms with E-state index in [4.69, 9.17) is 39.5 Å². The molecular formula is C31H27Cl3N2O3. The maximum atomic E-state index is 13.3. The number of hydrogen-bond acceptors (Lipinski definition) is 3. The number of nitrogens with zero attached hydrogens (tertiary/aromatic N) is 2. The lowest BCUT2D eigenvalue weighted by atomic mass is 9.70. The van der Waals surface area contributed by atoms with Crippen molar-refractivity contribution in [1.29, 1.82) is 0 Å². The predicted octanol–water partition coefficient (Wildman–Crippen LogP) is 8.44. The second-order valence-electron chi connectivity index (χ2n) is 9.79. The van der Waals surface area contributed by atoms with Gasteiger partial charge in [-0.05, 0) is 55.2 Å². The van der Waals surface area contributed by atoms with E-state index in [1.165, 1.54) is 0 Å². The van der Waals surface area contributed by atoms with Crippen LogP contribution in [0.15, 0.2) is 78.9 Å². The Hall–Kier alpha value is -3.25. The summed E-state index contributed by atoms with van der Waals surface area (Å²) in [5.41, 5.74) is 3.65. The molecule has 0 atom stereocenters. The molecule has 3 aromatic carbocycles. The first-order valence-electron chi connectivity index (χ1n) is 12.6. The van der Waals surface area contributed by atoms with Crippen LogP contribution in [0.1, 0.15) is 25.3 Å². The number of hydrogen-bond donors (Lipinski definition) is 0. The van der Waals surface area contributed by atoms with Crippen LogP contribution in [0.4, 0.5) is 4.79 Å². The zero-order valence-electron chi connectivity index (χ0n) is 21.6. The SMILES string of the molecule is CC(=O)C1(c2ccccc2)CCN(C(=O)Oc2cc(-c3ccc(Cl)cc3Cl)c(-c3ccc(Cl)cc3)n2C)CC1. The number of aromatic nitrogens is 1. The molecule has 0 saturated carbocycles. The molecule has 4 aromatic rings. The fraction of sp³-hybridized carbons (Fsp3) is 0.226. The van der Waals surface area contributed by atoms with Crippen molar-refractivity contribution in [2.45, 2.75) is 25.2 Å². The fourth-order valence-corrected chi connectivity index (χ4v) is 6.01. The summed E-state index contributed by atoms with van der Waals surface area (Å²) in [6.07, 6.45) is 0.615. The van der Waals surface area contributed by atoms with Gasteiger partial charge >= 0.3 is 6.09 Å². The summed E-state index contributed by atoms with van der Waals surface area (Å²) in [6, 6.07) is 24.4. The standard InChI is InChI=1S/C31H27Cl3N2O3/c1-20(37)31(22-6-4-3-5-7-22)14-16-36(17-15-31)30(38)39-28-19-26(25-13-12-24(33)18-27(25)34)29(35(28)2)21-8-10-23(32)11-9-21/h3-13,18-19H,14-17H2,1-2H3. The van der Waals surface area contributed by atoms with Gasteiger partial charge in [-0.25, -0.2) is 4.79 Å². The summed E-state index contributed by atoms with van der Waals surface area (Å²) in [5, 5.41) is 1.63. The highest BCUT2D eigenvalue weighted by molar-refractivity contribution is 6.36. The van der Waals surface area contributed by atoms with Gasteiger partial charge in [-0.2, -0.15) is 0 Å². The highest BCUT2D eigenvalue weighted by Crippen LogP contribution is 2.42. The number of likely N-dealkylation sites (tertiary alicyclic amines) is 1. The third-order valence-corrected chi connectivity index (χ3v) is 8.40. The number of halogens is 3. The Morgan fingerprint density at radius 3 is 2.08 bits per heavy atom. The average molecular weight is 582 g/mol. The first-order chi connectivity index (χ1) is 18.7. The van der Waals surface area contributed by atoms with E-state index in [0.29, 0.717) is 46.9 Å². The monoisotopic (exact) mass is 580 g/mol. The van der Waals surface area contributed by atoms with Gasteiger partial charge in [0.2, 0.25) is 5.88 Å². The Kier molecular flexibility index (Phi) is 7.77. The zero-order chi connectivity index (χ0) is 27.7. The molecule has 0 bridgehead atoms. The molecule has 1 aliphatic rings. The molecule has 200 valence electrons. The van der Waals surface area contributed by atoms with Crippen molar-refractivity contribution in [3.8, 4) is 28.3 Å². The molecule has 2 heterocycles. The molecule has 0 spiro atoms. The Morgan fingerprint density at radius 2 is 1.46 bits per heavy atom. The smallest absolute Gasteiger partial charge is 0.393 e. The Labute approximate surface area is 242 Å². The molecule has 0 unspecified atom stereocenters. The Bertz CT molecular complexity index is 1520. The second-order valence-corrected chi connectivity index (χ2v) is 11.1. The van der Waals surface area contributed by atoms with Crippen molar-refractivity contribution >= 4 is 46.7 Å². The second kappa shape index (κ2) is 11.1. The zero-order valence-corrected chi connectivity index (χ0v) is 23.9. The highest BCUT2D eigenvalue weighted by atomic mass is 35.5.